The maximum Gasteiger partial charge on any atom is 0.268 e. The van der Waals surface area contributed by atoms with E-state index < -0.39 is 0 Å². The van der Waals surface area contributed by atoms with Crippen LogP contribution in [0.5, 0.6) is 0 Å². The van der Waals surface area contributed by atoms with Gasteiger partial charge in [0.1, 0.15) is 11.5 Å². The zero-order valence-electron chi connectivity index (χ0n) is 8.70. The summed E-state index contributed by atoms with van der Waals surface area (Å²) in [6.07, 6.45) is 1.16. The van der Waals surface area contributed by atoms with Crippen LogP contribution in [-0.4, -0.2) is 21.5 Å². The first-order valence-electron chi connectivity index (χ1n) is 5.11. The zero-order valence-corrected chi connectivity index (χ0v) is 8.70. The van der Waals surface area contributed by atoms with Crippen molar-refractivity contribution in [2.24, 2.45) is 0 Å². The van der Waals surface area contributed by atoms with Crippen molar-refractivity contribution in [1.82, 2.24) is 14.9 Å². The molecule has 5 heteroatoms. The minimum Gasteiger partial charge on any atom is -0.347 e. The third-order valence-corrected chi connectivity index (χ3v) is 2.79. The van der Waals surface area contributed by atoms with Gasteiger partial charge in [-0.15, -0.1) is 0 Å². The van der Waals surface area contributed by atoms with Crippen molar-refractivity contribution < 1.29 is 9.18 Å². The monoisotopic (exact) mass is 219 g/mol. The van der Waals surface area contributed by atoms with E-state index in [0.717, 1.165) is 6.20 Å². The van der Waals surface area contributed by atoms with E-state index >= 15 is 0 Å². The highest BCUT2D eigenvalue weighted by Gasteiger charge is 2.23. The van der Waals surface area contributed by atoms with Gasteiger partial charge in [-0.1, -0.05) is 0 Å². The van der Waals surface area contributed by atoms with E-state index in [1.54, 1.807) is 6.07 Å². The Morgan fingerprint density at radius 3 is 3.19 bits per heavy atom. The second-order valence-electron chi connectivity index (χ2n) is 4.07. The number of hydrogen-bond acceptors (Lipinski definition) is 2. The minimum atomic E-state index is -0.382. The van der Waals surface area contributed by atoms with Gasteiger partial charge in [-0.25, -0.2) is 4.39 Å². The first kappa shape index (κ1) is 9.33. The van der Waals surface area contributed by atoms with E-state index in [9.17, 15) is 9.18 Å². The smallest absolute Gasteiger partial charge is 0.268 e. The third kappa shape index (κ3) is 1.21. The van der Waals surface area contributed by atoms with Gasteiger partial charge >= 0.3 is 0 Å². The molecule has 1 N–H and O–H groups in total. The number of nitrogens with one attached hydrogen (secondary N) is 1. The molecule has 1 aliphatic heterocycles. The van der Waals surface area contributed by atoms with Gasteiger partial charge in [0, 0.05) is 18.7 Å². The van der Waals surface area contributed by atoms with Crippen molar-refractivity contribution in [3.8, 4) is 0 Å². The summed E-state index contributed by atoms with van der Waals surface area (Å²) in [7, 11) is 0. The number of amides is 1. The standard InChI is InChI=1S/C11H10FN3O/c1-6-5-15-9-2-7(12)4-13-8(9)3-10(15)11(16)14-6/h2-4,6H,5H2,1H3,(H,14,16)/t6-/m0/s1. The Kier molecular flexibility index (Phi) is 1.77. The van der Waals surface area contributed by atoms with Gasteiger partial charge < -0.3 is 9.88 Å². The molecule has 0 bridgehead atoms. The molecule has 0 fully saturated rings. The van der Waals surface area contributed by atoms with Gasteiger partial charge in [0.15, 0.2) is 0 Å². The van der Waals surface area contributed by atoms with Gasteiger partial charge in [0.05, 0.1) is 17.2 Å². The summed E-state index contributed by atoms with van der Waals surface area (Å²) >= 11 is 0. The van der Waals surface area contributed by atoms with E-state index in [-0.39, 0.29) is 17.8 Å². The highest BCUT2D eigenvalue weighted by Crippen LogP contribution is 2.21. The minimum absolute atomic E-state index is 0.0545. The van der Waals surface area contributed by atoms with Crippen molar-refractivity contribution in [2.75, 3.05) is 0 Å². The van der Waals surface area contributed by atoms with Crippen molar-refractivity contribution in [3.05, 3.63) is 29.8 Å². The summed E-state index contributed by atoms with van der Waals surface area (Å²) in [4.78, 5) is 15.7. The molecule has 0 spiro atoms. The molecular formula is C11H10FN3O. The molecule has 4 nitrogen and oxygen atoms in total. The number of carbonyl (C=O) groups excluding carboxylic acids is 1. The molecule has 0 saturated heterocycles. The number of carbonyl (C=O) groups is 1. The fraction of sp³-hybridized carbons (Fsp3) is 0.273. The van der Waals surface area contributed by atoms with Crippen LogP contribution in [0.15, 0.2) is 18.3 Å². The lowest BCUT2D eigenvalue weighted by atomic mass is 10.2. The van der Waals surface area contributed by atoms with E-state index in [4.69, 9.17) is 0 Å². The molecular weight excluding hydrogens is 209 g/mol. The van der Waals surface area contributed by atoms with E-state index in [2.05, 4.69) is 10.3 Å². The molecule has 1 atom stereocenters. The Balaban J connectivity index is 2.31. The van der Waals surface area contributed by atoms with Crippen molar-refractivity contribution in [2.45, 2.75) is 19.5 Å². The molecule has 0 unspecified atom stereocenters. The average Bonchev–Trinajstić information content (AvgIpc) is 2.57. The molecule has 16 heavy (non-hydrogen) atoms. The Morgan fingerprint density at radius 1 is 1.56 bits per heavy atom. The largest absolute Gasteiger partial charge is 0.347 e. The normalized spacial score (nSPS) is 19.6. The maximum atomic E-state index is 13.1. The lowest BCUT2D eigenvalue weighted by Gasteiger charge is -2.22. The van der Waals surface area contributed by atoms with Crippen LogP contribution in [-0.2, 0) is 6.54 Å². The zero-order chi connectivity index (χ0) is 11.3. The lowest BCUT2D eigenvalue weighted by Crippen LogP contribution is -2.42. The highest BCUT2D eigenvalue weighted by molar-refractivity contribution is 5.98. The van der Waals surface area contributed by atoms with Crippen molar-refractivity contribution in [1.29, 1.82) is 0 Å². The van der Waals surface area contributed by atoms with Crippen LogP contribution < -0.4 is 5.32 Å². The molecule has 3 heterocycles. The molecule has 2 aromatic heterocycles. The molecule has 82 valence electrons. The predicted octanol–water partition coefficient (Wildman–Crippen LogP) is 1.31. The molecule has 0 radical (unpaired) electrons. The molecule has 1 aliphatic rings. The van der Waals surface area contributed by atoms with Gasteiger partial charge in [-0.05, 0) is 13.0 Å². The maximum absolute atomic E-state index is 13.1. The van der Waals surface area contributed by atoms with Crippen LogP contribution in [0.3, 0.4) is 0 Å². The van der Waals surface area contributed by atoms with Crippen LogP contribution >= 0.6 is 0 Å². The van der Waals surface area contributed by atoms with Crippen LogP contribution in [0.25, 0.3) is 11.0 Å². The van der Waals surface area contributed by atoms with Gasteiger partial charge in [-0.2, -0.15) is 0 Å². The summed E-state index contributed by atoms with van der Waals surface area (Å²) < 4.78 is 14.9. The topological polar surface area (TPSA) is 46.9 Å². The van der Waals surface area contributed by atoms with E-state index in [1.165, 1.54) is 6.07 Å². The fourth-order valence-corrected chi connectivity index (χ4v) is 2.11. The number of rotatable bonds is 0. The fourth-order valence-electron chi connectivity index (χ4n) is 2.11. The molecule has 1 amide bonds. The first-order chi connectivity index (χ1) is 7.65. The van der Waals surface area contributed by atoms with Crippen LogP contribution in [0, 0.1) is 5.82 Å². The Labute approximate surface area is 91.1 Å². The molecule has 0 saturated carbocycles. The molecule has 0 aromatic carbocycles. The molecule has 0 aliphatic carbocycles. The summed E-state index contributed by atoms with van der Waals surface area (Å²) in [5.41, 5.74) is 1.88. The van der Waals surface area contributed by atoms with E-state index in [0.29, 0.717) is 23.3 Å². The quantitative estimate of drug-likeness (QED) is 0.726. The lowest BCUT2D eigenvalue weighted by molar-refractivity contribution is 0.0907. The Bertz CT molecular complexity index is 590. The summed E-state index contributed by atoms with van der Waals surface area (Å²) in [6.45, 7) is 2.56. The van der Waals surface area contributed by atoms with Crippen molar-refractivity contribution >= 4 is 16.9 Å². The number of aromatic nitrogens is 2. The highest BCUT2D eigenvalue weighted by atomic mass is 19.1. The first-order valence-corrected chi connectivity index (χ1v) is 5.11. The van der Waals surface area contributed by atoms with Gasteiger partial charge in [-0.3, -0.25) is 9.78 Å². The summed E-state index contributed by atoms with van der Waals surface area (Å²) in [5, 5.41) is 2.83. The number of nitrogens with zero attached hydrogens (tertiary/aromatic N) is 2. The number of pyridine rings is 1. The van der Waals surface area contributed by atoms with Gasteiger partial charge in [0.25, 0.3) is 5.91 Å². The molecule has 2 aromatic rings. The number of fused-ring (bicyclic) bond motifs is 3. The van der Waals surface area contributed by atoms with E-state index in [1.807, 2.05) is 11.5 Å². The van der Waals surface area contributed by atoms with Crippen LogP contribution in [0.1, 0.15) is 17.4 Å². The number of hydrogen-bond donors (Lipinski definition) is 1. The van der Waals surface area contributed by atoms with Crippen molar-refractivity contribution in [3.63, 3.8) is 0 Å². The third-order valence-electron chi connectivity index (χ3n) is 2.79. The van der Waals surface area contributed by atoms with Crippen LogP contribution in [0.4, 0.5) is 4.39 Å². The van der Waals surface area contributed by atoms with Gasteiger partial charge in [0.2, 0.25) is 0 Å². The average molecular weight is 219 g/mol. The molecule has 3 rings (SSSR count). The predicted molar refractivity (Wildman–Crippen MR) is 56.6 cm³/mol. The second-order valence-corrected chi connectivity index (χ2v) is 4.07. The Hall–Kier alpha value is -1.91. The summed E-state index contributed by atoms with van der Waals surface area (Å²) in [5.74, 6) is -0.510. The second kappa shape index (κ2) is 3.04. The number of halogens is 1. The summed E-state index contributed by atoms with van der Waals surface area (Å²) in [6, 6.07) is 3.16. The van der Waals surface area contributed by atoms with Crippen LogP contribution in [0.2, 0.25) is 0 Å². The Morgan fingerprint density at radius 2 is 2.38 bits per heavy atom. The SMILES string of the molecule is C[C@H]1Cn2c(cc3ncc(F)cc32)C(=O)N1.